The van der Waals surface area contributed by atoms with Crippen LogP contribution >= 0.6 is 11.8 Å². The SMILES string of the molecule is COc1ccc(-c2nnc(SCC(=O)NC[C@H](c3ccccc3)[NH+](C)C)o2)cc1. The molecule has 0 aliphatic heterocycles. The zero-order valence-electron chi connectivity index (χ0n) is 16.7. The molecular weight excluding hydrogens is 388 g/mol. The molecule has 0 aliphatic carbocycles. The molecular formula is C21H25N4O3S+. The van der Waals surface area contributed by atoms with Crippen LogP contribution in [0.3, 0.4) is 0 Å². The molecule has 0 saturated carbocycles. The van der Waals surface area contributed by atoms with Crippen molar-refractivity contribution in [2.75, 3.05) is 33.5 Å². The highest BCUT2D eigenvalue weighted by molar-refractivity contribution is 7.99. The lowest BCUT2D eigenvalue weighted by Crippen LogP contribution is -3.07. The fraction of sp³-hybridized carbons (Fsp3) is 0.286. The van der Waals surface area contributed by atoms with E-state index in [0.29, 0.717) is 17.7 Å². The van der Waals surface area contributed by atoms with Crippen LogP contribution in [0.4, 0.5) is 0 Å². The van der Waals surface area contributed by atoms with Gasteiger partial charge in [-0.25, -0.2) is 0 Å². The van der Waals surface area contributed by atoms with Crippen LogP contribution in [-0.2, 0) is 4.79 Å². The Balaban J connectivity index is 1.51. The Morgan fingerprint density at radius 1 is 1.14 bits per heavy atom. The third-order valence-corrected chi connectivity index (χ3v) is 5.29. The molecule has 0 fully saturated rings. The Kier molecular flexibility index (Phi) is 7.26. The van der Waals surface area contributed by atoms with Crippen molar-refractivity contribution in [1.82, 2.24) is 15.5 Å². The van der Waals surface area contributed by atoms with Gasteiger partial charge in [-0.2, -0.15) is 0 Å². The highest BCUT2D eigenvalue weighted by Crippen LogP contribution is 2.24. The molecule has 0 saturated heterocycles. The minimum atomic E-state index is -0.0682. The largest absolute Gasteiger partial charge is 0.497 e. The third kappa shape index (κ3) is 5.82. The lowest BCUT2D eigenvalue weighted by molar-refractivity contribution is -0.890. The summed E-state index contributed by atoms with van der Waals surface area (Å²) in [5.74, 6) is 1.32. The first-order valence-electron chi connectivity index (χ1n) is 9.29. The molecule has 8 heteroatoms. The average Bonchev–Trinajstić information content (AvgIpc) is 3.22. The maximum absolute atomic E-state index is 12.3. The van der Waals surface area contributed by atoms with Gasteiger partial charge in [0.25, 0.3) is 5.22 Å². The number of methoxy groups -OCH3 is 1. The summed E-state index contributed by atoms with van der Waals surface area (Å²) in [6, 6.07) is 17.7. The van der Waals surface area contributed by atoms with E-state index in [1.807, 2.05) is 42.5 Å². The van der Waals surface area contributed by atoms with Gasteiger partial charge < -0.3 is 19.4 Å². The zero-order valence-corrected chi connectivity index (χ0v) is 17.5. The minimum absolute atomic E-state index is 0.0682. The number of hydrogen-bond acceptors (Lipinski definition) is 6. The summed E-state index contributed by atoms with van der Waals surface area (Å²) in [6.07, 6.45) is 0. The molecule has 0 spiro atoms. The van der Waals surface area contributed by atoms with Gasteiger partial charge in [0.05, 0.1) is 33.5 Å². The summed E-state index contributed by atoms with van der Waals surface area (Å²) in [5.41, 5.74) is 2.00. The van der Waals surface area contributed by atoms with Crippen molar-refractivity contribution in [3.8, 4) is 17.2 Å². The molecule has 0 radical (unpaired) electrons. The number of nitrogens with one attached hydrogen (secondary N) is 2. The van der Waals surface area contributed by atoms with E-state index < -0.39 is 0 Å². The number of ether oxygens (including phenoxy) is 1. The zero-order chi connectivity index (χ0) is 20.6. The highest BCUT2D eigenvalue weighted by atomic mass is 32.2. The van der Waals surface area contributed by atoms with Crippen LogP contribution in [0.5, 0.6) is 5.75 Å². The van der Waals surface area contributed by atoms with Crippen molar-refractivity contribution >= 4 is 17.7 Å². The van der Waals surface area contributed by atoms with Gasteiger partial charge in [-0.05, 0) is 24.3 Å². The Hall–Kier alpha value is -2.84. The first kappa shape index (κ1) is 20.9. The van der Waals surface area contributed by atoms with E-state index in [4.69, 9.17) is 9.15 Å². The number of carbonyl (C=O) groups excluding carboxylic acids is 1. The lowest BCUT2D eigenvalue weighted by Gasteiger charge is -2.22. The molecule has 2 aromatic carbocycles. The molecule has 1 atom stereocenters. The van der Waals surface area contributed by atoms with Crippen LogP contribution < -0.4 is 15.0 Å². The number of thioether (sulfide) groups is 1. The van der Waals surface area contributed by atoms with E-state index >= 15 is 0 Å². The molecule has 3 rings (SSSR count). The molecule has 0 bridgehead atoms. The van der Waals surface area contributed by atoms with Gasteiger partial charge in [-0.1, -0.05) is 42.1 Å². The van der Waals surface area contributed by atoms with Crippen LogP contribution in [0.2, 0.25) is 0 Å². The quantitative estimate of drug-likeness (QED) is 0.521. The summed E-state index contributed by atoms with van der Waals surface area (Å²) in [4.78, 5) is 13.5. The number of quaternary nitrogens is 1. The van der Waals surface area contributed by atoms with Gasteiger partial charge in [0.2, 0.25) is 11.8 Å². The molecule has 7 nitrogen and oxygen atoms in total. The number of amides is 1. The first-order valence-corrected chi connectivity index (χ1v) is 10.3. The van der Waals surface area contributed by atoms with Crippen molar-refractivity contribution in [2.45, 2.75) is 11.3 Å². The van der Waals surface area contributed by atoms with Crippen molar-refractivity contribution < 1.29 is 18.8 Å². The monoisotopic (exact) mass is 413 g/mol. The molecule has 29 heavy (non-hydrogen) atoms. The fourth-order valence-electron chi connectivity index (χ4n) is 2.85. The van der Waals surface area contributed by atoms with Crippen LogP contribution in [0, 0.1) is 0 Å². The predicted octanol–water partition coefficient (Wildman–Crippen LogP) is 1.84. The molecule has 3 aromatic rings. The molecule has 0 aliphatic rings. The van der Waals surface area contributed by atoms with E-state index in [-0.39, 0.29) is 17.7 Å². The standard InChI is InChI=1S/C21H24N4O3S/c1-25(2)18(15-7-5-4-6-8-15)13-22-19(26)14-29-21-24-23-20(28-21)16-9-11-17(27-3)12-10-16/h4-12,18H,13-14H2,1-3H3,(H,22,26)/p+1/t18-/m1/s1. The maximum Gasteiger partial charge on any atom is 0.277 e. The topological polar surface area (TPSA) is 81.7 Å². The number of nitrogens with zero attached hydrogens (tertiary/aromatic N) is 2. The molecule has 0 unspecified atom stereocenters. The molecule has 1 amide bonds. The second-order valence-electron chi connectivity index (χ2n) is 6.73. The molecule has 2 N–H and O–H groups in total. The molecule has 1 aromatic heterocycles. The number of benzene rings is 2. The predicted molar refractivity (Wildman–Crippen MR) is 112 cm³/mol. The van der Waals surface area contributed by atoms with Crippen LogP contribution in [0.1, 0.15) is 11.6 Å². The minimum Gasteiger partial charge on any atom is -0.497 e. The lowest BCUT2D eigenvalue weighted by atomic mass is 10.1. The van der Waals surface area contributed by atoms with Gasteiger partial charge in [-0.15, -0.1) is 10.2 Å². The van der Waals surface area contributed by atoms with E-state index in [2.05, 4.69) is 41.7 Å². The second kappa shape index (κ2) is 10.1. The maximum atomic E-state index is 12.3. The first-order chi connectivity index (χ1) is 14.1. The number of hydrogen-bond donors (Lipinski definition) is 2. The van der Waals surface area contributed by atoms with Crippen molar-refractivity contribution in [3.05, 3.63) is 60.2 Å². The summed E-state index contributed by atoms with van der Waals surface area (Å²) < 4.78 is 10.8. The van der Waals surface area contributed by atoms with Gasteiger partial charge in [0.15, 0.2) is 0 Å². The smallest absolute Gasteiger partial charge is 0.277 e. The molecule has 1 heterocycles. The van der Waals surface area contributed by atoms with Crippen LogP contribution in [-0.4, -0.2) is 49.6 Å². The fourth-order valence-corrected chi connectivity index (χ4v) is 3.45. The van der Waals surface area contributed by atoms with Crippen LogP contribution in [0.25, 0.3) is 11.5 Å². The summed E-state index contributed by atoms with van der Waals surface area (Å²) in [7, 11) is 5.78. The number of carbonyl (C=O) groups is 1. The number of aromatic nitrogens is 2. The van der Waals surface area contributed by atoms with E-state index in [0.717, 1.165) is 11.3 Å². The normalized spacial score (nSPS) is 12.0. The van der Waals surface area contributed by atoms with Crippen molar-refractivity contribution in [2.24, 2.45) is 0 Å². The summed E-state index contributed by atoms with van der Waals surface area (Å²) >= 11 is 1.22. The van der Waals surface area contributed by atoms with E-state index in [9.17, 15) is 4.79 Å². The Labute approximate surface area is 174 Å². The number of rotatable bonds is 9. The number of likely N-dealkylation sites (N-methyl/N-ethyl adjacent to an activating group) is 1. The molecule has 152 valence electrons. The average molecular weight is 414 g/mol. The van der Waals surface area contributed by atoms with Gasteiger partial charge >= 0.3 is 0 Å². The second-order valence-corrected chi connectivity index (χ2v) is 7.66. The Morgan fingerprint density at radius 2 is 1.86 bits per heavy atom. The summed E-state index contributed by atoms with van der Waals surface area (Å²) in [5, 5.41) is 11.4. The third-order valence-electron chi connectivity index (χ3n) is 4.47. The van der Waals surface area contributed by atoms with Gasteiger partial charge in [0.1, 0.15) is 11.8 Å². The van der Waals surface area contributed by atoms with E-state index in [1.54, 1.807) is 7.11 Å². The Morgan fingerprint density at radius 3 is 2.52 bits per heavy atom. The summed E-state index contributed by atoms with van der Waals surface area (Å²) in [6.45, 7) is 0.562. The van der Waals surface area contributed by atoms with E-state index in [1.165, 1.54) is 22.2 Å². The van der Waals surface area contributed by atoms with Crippen molar-refractivity contribution in [3.63, 3.8) is 0 Å². The van der Waals surface area contributed by atoms with Gasteiger partial charge in [-0.3, -0.25) is 4.79 Å². The van der Waals surface area contributed by atoms with Crippen LogP contribution in [0.15, 0.2) is 64.2 Å². The van der Waals surface area contributed by atoms with Gasteiger partial charge in [0, 0.05) is 11.1 Å². The van der Waals surface area contributed by atoms with Crippen molar-refractivity contribution in [1.29, 1.82) is 0 Å². The Bertz CT molecular complexity index is 913. The highest BCUT2D eigenvalue weighted by Gasteiger charge is 2.19.